The fraction of sp³-hybridized carbons (Fsp3) is 0.0164. The molecule has 0 radical (unpaired) electrons. The second-order valence-corrected chi connectivity index (χ2v) is 18.8. The van der Waals surface area contributed by atoms with Gasteiger partial charge in [0.15, 0.2) is 0 Å². The van der Waals surface area contributed by atoms with Gasteiger partial charge in [0.25, 0.3) is 0 Å². The number of hydrogen-bond acceptors (Lipinski definition) is 3. The Morgan fingerprint density at radius 1 is 0.297 bits per heavy atom. The molecule has 0 unspecified atom stereocenters. The SMILES string of the molecule is c1ccc(C2(c3ccccc3)c3ccccc3-c3ccc(N(c4ccccc4-c4cccc5c4sc4ccccc45)c4ccccc4-c4cccc5c4sc4ccccc45)cc32)cc1. The lowest BCUT2D eigenvalue weighted by Gasteiger charge is -2.35. The highest BCUT2D eigenvalue weighted by Gasteiger charge is 2.46. The fourth-order valence-corrected chi connectivity index (χ4v) is 13.2. The van der Waals surface area contributed by atoms with E-state index in [-0.39, 0.29) is 0 Å². The lowest BCUT2D eigenvalue weighted by molar-refractivity contribution is 0.768. The van der Waals surface area contributed by atoms with Crippen molar-refractivity contribution in [3.8, 4) is 33.4 Å². The second kappa shape index (κ2) is 14.8. The third kappa shape index (κ3) is 5.48. The molecule has 0 amide bonds. The molecule has 1 nitrogen and oxygen atoms in total. The van der Waals surface area contributed by atoms with Crippen LogP contribution in [0, 0.1) is 0 Å². The van der Waals surface area contributed by atoms with Crippen LogP contribution in [0.15, 0.2) is 237 Å². The van der Waals surface area contributed by atoms with Gasteiger partial charge in [0, 0.05) is 68.3 Å². The third-order valence-electron chi connectivity index (χ3n) is 13.4. The highest BCUT2D eigenvalue weighted by Crippen LogP contribution is 2.58. The first-order valence-corrected chi connectivity index (χ1v) is 23.6. The van der Waals surface area contributed by atoms with E-state index >= 15 is 0 Å². The Balaban J connectivity index is 1.12. The summed E-state index contributed by atoms with van der Waals surface area (Å²) in [6.07, 6.45) is 0. The van der Waals surface area contributed by atoms with Gasteiger partial charge in [-0.1, -0.05) is 200 Å². The minimum atomic E-state index is -0.541. The Labute approximate surface area is 380 Å². The maximum absolute atomic E-state index is 2.55. The monoisotopic (exact) mass is 849 g/mol. The van der Waals surface area contributed by atoms with Crippen LogP contribution < -0.4 is 4.90 Å². The molecule has 0 bridgehead atoms. The van der Waals surface area contributed by atoms with Crippen molar-refractivity contribution in [1.82, 2.24) is 0 Å². The average Bonchev–Trinajstić information content (AvgIpc) is 4.04. The molecule has 64 heavy (non-hydrogen) atoms. The summed E-state index contributed by atoms with van der Waals surface area (Å²) in [5.41, 5.74) is 15.3. The van der Waals surface area contributed by atoms with E-state index in [1.807, 2.05) is 22.7 Å². The second-order valence-electron chi connectivity index (χ2n) is 16.7. The van der Waals surface area contributed by atoms with E-state index in [4.69, 9.17) is 0 Å². The average molecular weight is 850 g/mol. The van der Waals surface area contributed by atoms with E-state index in [1.54, 1.807) is 0 Å². The number of para-hydroxylation sites is 2. The maximum Gasteiger partial charge on any atom is 0.0714 e. The summed E-state index contributed by atoms with van der Waals surface area (Å²) in [5, 5.41) is 5.19. The molecule has 2 aromatic heterocycles. The zero-order chi connectivity index (χ0) is 42.2. The van der Waals surface area contributed by atoms with Gasteiger partial charge < -0.3 is 4.90 Å². The molecule has 3 heteroatoms. The van der Waals surface area contributed by atoms with Crippen molar-refractivity contribution in [2.24, 2.45) is 0 Å². The first-order valence-electron chi connectivity index (χ1n) is 21.9. The Hall–Kier alpha value is -7.56. The van der Waals surface area contributed by atoms with Gasteiger partial charge in [0.1, 0.15) is 0 Å². The number of hydrogen-bond donors (Lipinski definition) is 0. The first kappa shape index (κ1) is 37.0. The summed E-state index contributed by atoms with van der Waals surface area (Å²) >= 11 is 3.77. The first-order chi connectivity index (χ1) is 31.8. The lowest BCUT2D eigenvalue weighted by atomic mass is 9.67. The van der Waals surface area contributed by atoms with Gasteiger partial charge in [0.2, 0.25) is 0 Å². The highest BCUT2D eigenvalue weighted by molar-refractivity contribution is 7.26. The van der Waals surface area contributed by atoms with Crippen molar-refractivity contribution >= 4 is 80.1 Å². The van der Waals surface area contributed by atoms with Gasteiger partial charge in [-0.3, -0.25) is 0 Å². The molecular weight excluding hydrogens is 811 g/mol. The van der Waals surface area contributed by atoms with Gasteiger partial charge >= 0.3 is 0 Å². The number of anilines is 3. The Kier molecular flexibility index (Phi) is 8.55. The largest absolute Gasteiger partial charge is 0.309 e. The zero-order valence-corrected chi connectivity index (χ0v) is 36.4. The number of rotatable bonds is 7. The number of benzene rings is 10. The highest BCUT2D eigenvalue weighted by atomic mass is 32.1. The molecule has 0 atom stereocenters. The number of thiophene rings is 2. The lowest BCUT2D eigenvalue weighted by Crippen LogP contribution is -2.28. The molecule has 300 valence electrons. The van der Waals surface area contributed by atoms with Crippen molar-refractivity contribution in [2.45, 2.75) is 5.41 Å². The minimum Gasteiger partial charge on any atom is -0.309 e. The van der Waals surface area contributed by atoms with E-state index < -0.39 is 5.41 Å². The van der Waals surface area contributed by atoms with Crippen LogP contribution in [-0.2, 0) is 5.41 Å². The zero-order valence-electron chi connectivity index (χ0n) is 34.8. The quantitative estimate of drug-likeness (QED) is 0.154. The minimum absolute atomic E-state index is 0.541. The molecule has 12 aromatic rings. The molecule has 1 aliphatic rings. The van der Waals surface area contributed by atoms with Crippen molar-refractivity contribution in [3.63, 3.8) is 0 Å². The van der Waals surface area contributed by atoms with Crippen LogP contribution in [0.4, 0.5) is 17.1 Å². The van der Waals surface area contributed by atoms with Crippen LogP contribution >= 0.6 is 22.7 Å². The molecule has 0 aliphatic heterocycles. The van der Waals surface area contributed by atoms with E-state index in [0.29, 0.717) is 0 Å². The fourth-order valence-electron chi connectivity index (χ4n) is 10.7. The molecule has 0 saturated heterocycles. The summed E-state index contributed by atoms with van der Waals surface area (Å²) in [4.78, 5) is 2.55. The van der Waals surface area contributed by atoms with Gasteiger partial charge in [-0.05, 0) is 69.8 Å². The molecular formula is C61H39NS2. The summed E-state index contributed by atoms with van der Waals surface area (Å²) in [6, 6.07) is 87.9. The summed E-state index contributed by atoms with van der Waals surface area (Å²) in [7, 11) is 0. The van der Waals surface area contributed by atoms with Gasteiger partial charge in [-0.15, -0.1) is 22.7 Å². The third-order valence-corrected chi connectivity index (χ3v) is 15.8. The summed E-state index contributed by atoms with van der Waals surface area (Å²) in [6.45, 7) is 0. The number of fused-ring (bicyclic) bond motifs is 9. The van der Waals surface area contributed by atoms with Crippen LogP contribution in [0.2, 0.25) is 0 Å². The van der Waals surface area contributed by atoms with Crippen LogP contribution in [-0.4, -0.2) is 0 Å². The molecule has 0 N–H and O–H groups in total. The molecule has 13 rings (SSSR count). The topological polar surface area (TPSA) is 3.24 Å². The van der Waals surface area contributed by atoms with Crippen LogP contribution in [0.25, 0.3) is 73.7 Å². The summed E-state index contributed by atoms with van der Waals surface area (Å²) < 4.78 is 5.21. The smallest absolute Gasteiger partial charge is 0.0714 e. The number of nitrogens with zero attached hydrogens (tertiary/aromatic N) is 1. The summed E-state index contributed by atoms with van der Waals surface area (Å²) in [5.74, 6) is 0. The molecule has 10 aromatic carbocycles. The Morgan fingerprint density at radius 3 is 1.28 bits per heavy atom. The van der Waals surface area contributed by atoms with Crippen LogP contribution in [0.1, 0.15) is 22.3 Å². The van der Waals surface area contributed by atoms with Crippen molar-refractivity contribution in [1.29, 1.82) is 0 Å². The van der Waals surface area contributed by atoms with Crippen molar-refractivity contribution in [3.05, 3.63) is 259 Å². The van der Waals surface area contributed by atoms with E-state index in [1.165, 1.54) is 96.0 Å². The van der Waals surface area contributed by atoms with Crippen molar-refractivity contribution in [2.75, 3.05) is 4.90 Å². The molecule has 0 fully saturated rings. The molecule has 2 heterocycles. The van der Waals surface area contributed by atoms with Crippen LogP contribution in [0.3, 0.4) is 0 Å². The van der Waals surface area contributed by atoms with E-state index in [2.05, 4.69) is 241 Å². The van der Waals surface area contributed by atoms with Crippen LogP contribution in [0.5, 0.6) is 0 Å². The molecule has 0 saturated carbocycles. The predicted octanol–water partition coefficient (Wildman–Crippen LogP) is 17.6. The Bertz CT molecular complexity index is 3550. The van der Waals surface area contributed by atoms with E-state index in [9.17, 15) is 0 Å². The molecule has 1 aliphatic carbocycles. The maximum atomic E-state index is 2.55. The van der Waals surface area contributed by atoms with Gasteiger partial charge in [-0.2, -0.15) is 0 Å². The molecule has 0 spiro atoms. The predicted molar refractivity (Wildman–Crippen MR) is 275 cm³/mol. The van der Waals surface area contributed by atoms with Gasteiger partial charge in [-0.25, -0.2) is 0 Å². The standard InChI is InChI=1S/C61H39NS2/c1-3-19-40(20-4-1)61(41-21-5-2-6-22-41)53-32-12-7-23-43(53)44-38-37-42(39-54(44)61)62(55-33-13-8-24-45(55)49-28-17-30-51-47-26-10-15-35-57(47)63-59(49)51)56-34-14-9-25-46(56)50-29-18-31-52-48-27-11-16-36-58(48)64-60(50)52/h1-39H. The van der Waals surface area contributed by atoms with Crippen molar-refractivity contribution < 1.29 is 0 Å². The van der Waals surface area contributed by atoms with Gasteiger partial charge in [0.05, 0.1) is 16.8 Å². The van der Waals surface area contributed by atoms with E-state index in [0.717, 1.165) is 17.1 Å². The Morgan fingerprint density at radius 2 is 0.719 bits per heavy atom. The normalized spacial score (nSPS) is 12.8.